The molecule has 0 aliphatic rings. The Morgan fingerprint density at radius 2 is 1.56 bits per heavy atom. The predicted octanol–water partition coefficient (Wildman–Crippen LogP) is 3.63. The van der Waals surface area contributed by atoms with Gasteiger partial charge in [-0.25, -0.2) is 0 Å². The van der Waals surface area contributed by atoms with Crippen LogP contribution >= 0.6 is 0 Å². The van der Waals surface area contributed by atoms with E-state index in [-0.39, 0.29) is 11.3 Å². The standard InChI is InChI=1S/C24H30O8/c1-8-9-17-12-21(29-6)23(22(13-17)30-7)31-15(2)24(26,32-16(3)25)18-10-11-19(27-4)20(14-18)28-5/h8,10-15,26H,1,9H2,2-7H3. The number of ether oxygens (including phenoxy) is 6. The van der Waals surface area contributed by atoms with Crippen LogP contribution in [0.5, 0.6) is 28.7 Å². The summed E-state index contributed by atoms with van der Waals surface area (Å²) in [4.78, 5) is 11.9. The van der Waals surface area contributed by atoms with Crippen molar-refractivity contribution in [1.29, 1.82) is 0 Å². The summed E-state index contributed by atoms with van der Waals surface area (Å²) in [6, 6.07) is 8.25. The average Bonchev–Trinajstić information content (AvgIpc) is 2.78. The van der Waals surface area contributed by atoms with Gasteiger partial charge >= 0.3 is 5.97 Å². The molecular weight excluding hydrogens is 416 g/mol. The van der Waals surface area contributed by atoms with Crippen LogP contribution in [0.1, 0.15) is 25.0 Å². The maximum atomic E-state index is 11.9. The quantitative estimate of drug-likeness (QED) is 0.318. The molecule has 0 amide bonds. The summed E-state index contributed by atoms with van der Waals surface area (Å²) in [7, 11) is 5.95. The summed E-state index contributed by atoms with van der Waals surface area (Å²) >= 11 is 0. The van der Waals surface area contributed by atoms with Crippen LogP contribution in [0, 0.1) is 0 Å². The second-order valence-electron chi connectivity index (χ2n) is 6.94. The first-order chi connectivity index (χ1) is 15.2. The Morgan fingerprint density at radius 3 is 2.03 bits per heavy atom. The van der Waals surface area contributed by atoms with E-state index in [1.165, 1.54) is 41.4 Å². The van der Waals surface area contributed by atoms with Crippen LogP contribution in [0.2, 0.25) is 0 Å². The Morgan fingerprint density at radius 1 is 1.00 bits per heavy atom. The predicted molar refractivity (Wildman–Crippen MR) is 119 cm³/mol. The van der Waals surface area contributed by atoms with Crippen molar-refractivity contribution in [3.8, 4) is 28.7 Å². The molecule has 174 valence electrons. The summed E-state index contributed by atoms with van der Waals surface area (Å²) in [5.74, 6) is -1.00. The van der Waals surface area contributed by atoms with Crippen molar-refractivity contribution in [3.05, 3.63) is 54.1 Å². The lowest BCUT2D eigenvalue weighted by atomic mass is 9.99. The molecule has 0 saturated heterocycles. The van der Waals surface area contributed by atoms with E-state index in [4.69, 9.17) is 28.4 Å². The monoisotopic (exact) mass is 446 g/mol. The van der Waals surface area contributed by atoms with Crippen molar-refractivity contribution in [1.82, 2.24) is 0 Å². The second-order valence-corrected chi connectivity index (χ2v) is 6.94. The van der Waals surface area contributed by atoms with Crippen LogP contribution in [-0.2, 0) is 21.7 Å². The fourth-order valence-corrected chi connectivity index (χ4v) is 3.25. The molecule has 0 spiro atoms. The first-order valence-electron chi connectivity index (χ1n) is 9.90. The molecule has 8 nitrogen and oxygen atoms in total. The maximum Gasteiger partial charge on any atom is 0.305 e. The van der Waals surface area contributed by atoms with Gasteiger partial charge in [-0.2, -0.15) is 0 Å². The maximum absolute atomic E-state index is 11.9. The summed E-state index contributed by atoms with van der Waals surface area (Å²) in [5, 5.41) is 11.5. The van der Waals surface area contributed by atoms with Gasteiger partial charge in [0.05, 0.1) is 28.4 Å². The minimum atomic E-state index is -2.15. The highest BCUT2D eigenvalue weighted by atomic mass is 16.7. The summed E-state index contributed by atoms with van der Waals surface area (Å²) in [5.41, 5.74) is 1.14. The summed E-state index contributed by atoms with van der Waals surface area (Å²) in [6.07, 6.45) is 1.29. The number of hydrogen-bond donors (Lipinski definition) is 1. The first kappa shape index (κ1) is 24.9. The van der Waals surface area contributed by atoms with E-state index < -0.39 is 17.9 Å². The number of rotatable bonds is 11. The number of methoxy groups -OCH3 is 4. The molecule has 0 heterocycles. The van der Waals surface area contributed by atoms with Gasteiger partial charge in [0.25, 0.3) is 5.79 Å². The molecule has 2 aromatic carbocycles. The first-order valence-corrected chi connectivity index (χ1v) is 9.90. The zero-order valence-electron chi connectivity index (χ0n) is 19.3. The molecule has 0 radical (unpaired) electrons. The molecule has 1 N–H and O–H groups in total. The highest BCUT2D eigenvalue weighted by Crippen LogP contribution is 2.42. The van der Waals surface area contributed by atoms with Gasteiger partial charge in [-0.1, -0.05) is 6.08 Å². The van der Waals surface area contributed by atoms with Gasteiger partial charge in [0, 0.05) is 12.5 Å². The Balaban J connectivity index is 2.54. The number of carbonyl (C=O) groups excluding carboxylic acids is 1. The number of hydrogen-bond acceptors (Lipinski definition) is 8. The van der Waals surface area contributed by atoms with E-state index in [2.05, 4.69) is 6.58 Å². The molecule has 2 atom stereocenters. The zero-order chi connectivity index (χ0) is 23.9. The van der Waals surface area contributed by atoms with Gasteiger partial charge in [-0.3, -0.25) is 4.79 Å². The van der Waals surface area contributed by atoms with Crippen molar-refractivity contribution >= 4 is 5.97 Å². The summed E-state index contributed by atoms with van der Waals surface area (Å²) in [6.45, 7) is 6.51. The van der Waals surface area contributed by atoms with Gasteiger partial charge in [0.1, 0.15) is 0 Å². The van der Waals surface area contributed by atoms with Crippen molar-refractivity contribution in [3.63, 3.8) is 0 Å². The van der Waals surface area contributed by atoms with Crippen LogP contribution in [0.3, 0.4) is 0 Å². The van der Waals surface area contributed by atoms with Gasteiger partial charge in [-0.15, -0.1) is 6.58 Å². The molecule has 0 aromatic heterocycles. The SMILES string of the molecule is C=CCc1cc(OC)c(OC(C)C(O)(OC(C)=O)c2ccc(OC)c(OC)c2)c(OC)c1. The number of carbonyl (C=O) groups is 1. The minimum Gasteiger partial charge on any atom is -0.493 e. The molecule has 32 heavy (non-hydrogen) atoms. The molecule has 0 saturated carbocycles. The van der Waals surface area contributed by atoms with Crippen LogP contribution in [-0.4, -0.2) is 45.6 Å². The van der Waals surface area contributed by atoms with E-state index in [0.29, 0.717) is 29.4 Å². The topological polar surface area (TPSA) is 92.7 Å². The Bertz CT molecular complexity index is 930. The molecule has 0 bridgehead atoms. The molecule has 2 unspecified atom stereocenters. The van der Waals surface area contributed by atoms with E-state index in [1.54, 1.807) is 37.3 Å². The normalized spacial score (nSPS) is 13.3. The number of esters is 1. The largest absolute Gasteiger partial charge is 0.493 e. The van der Waals surface area contributed by atoms with Crippen LogP contribution in [0.25, 0.3) is 0 Å². The molecular formula is C24H30O8. The highest BCUT2D eigenvalue weighted by molar-refractivity contribution is 5.67. The van der Waals surface area contributed by atoms with Crippen LogP contribution in [0.4, 0.5) is 0 Å². The van der Waals surface area contributed by atoms with Gasteiger partial charge < -0.3 is 33.5 Å². The van der Waals surface area contributed by atoms with Gasteiger partial charge in [0.15, 0.2) is 29.1 Å². The smallest absolute Gasteiger partial charge is 0.305 e. The summed E-state index contributed by atoms with van der Waals surface area (Å²) < 4.78 is 32.9. The number of aliphatic hydroxyl groups is 1. The fraction of sp³-hybridized carbons (Fsp3) is 0.375. The average molecular weight is 446 g/mol. The minimum absolute atomic E-state index is 0.235. The van der Waals surface area contributed by atoms with E-state index >= 15 is 0 Å². The molecule has 0 aliphatic heterocycles. The third-order valence-electron chi connectivity index (χ3n) is 4.84. The van der Waals surface area contributed by atoms with Crippen molar-refractivity contribution in [2.24, 2.45) is 0 Å². The fourth-order valence-electron chi connectivity index (χ4n) is 3.25. The van der Waals surface area contributed by atoms with E-state index in [0.717, 1.165) is 5.56 Å². The highest BCUT2D eigenvalue weighted by Gasteiger charge is 2.43. The molecule has 8 heteroatoms. The number of allylic oxidation sites excluding steroid dienone is 1. The van der Waals surface area contributed by atoms with Gasteiger partial charge in [0.2, 0.25) is 5.75 Å². The number of benzene rings is 2. The van der Waals surface area contributed by atoms with Crippen molar-refractivity contribution in [2.45, 2.75) is 32.2 Å². The van der Waals surface area contributed by atoms with E-state index in [9.17, 15) is 9.90 Å². The third kappa shape index (κ3) is 5.26. The Hall–Kier alpha value is -3.39. The van der Waals surface area contributed by atoms with Gasteiger partial charge in [-0.05, 0) is 49.2 Å². The van der Waals surface area contributed by atoms with Crippen molar-refractivity contribution < 1.29 is 38.3 Å². The lowest BCUT2D eigenvalue weighted by molar-refractivity contribution is -0.245. The van der Waals surface area contributed by atoms with Crippen LogP contribution in [0.15, 0.2) is 43.0 Å². The lowest BCUT2D eigenvalue weighted by Gasteiger charge is -2.34. The molecule has 0 fully saturated rings. The lowest BCUT2D eigenvalue weighted by Crippen LogP contribution is -2.45. The van der Waals surface area contributed by atoms with E-state index in [1.807, 2.05) is 0 Å². The molecule has 2 aromatic rings. The van der Waals surface area contributed by atoms with Crippen LogP contribution < -0.4 is 23.7 Å². The zero-order valence-corrected chi connectivity index (χ0v) is 19.3. The second kappa shape index (κ2) is 10.8. The third-order valence-corrected chi connectivity index (χ3v) is 4.84. The van der Waals surface area contributed by atoms with Crippen molar-refractivity contribution in [2.75, 3.05) is 28.4 Å². The molecule has 0 aliphatic carbocycles. The Kier molecular flexibility index (Phi) is 8.37. The molecule has 2 rings (SSSR count). The Labute approximate surface area is 188 Å².